The van der Waals surface area contributed by atoms with Crippen LogP contribution in [0.15, 0.2) is 54.7 Å². The number of para-hydroxylation sites is 1. The Morgan fingerprint density at radius 2 is 1.89 bits per heavy atom. The van der Waals surface area contributed by atoms with Crippen LogP contribution < -0.4 is 0 Å². The number of nitrogens with one attached hydrogen (secondary N) is 1. The molecule has 0 fully saturated rings. The molecule has 0 radical (unpaired) electrons. The number of hydrogen-bond donors (Lipinski definition) is 1. The van der Waals surface area contributed by atoms with E-state index in [0.29, 0.717) is 19.5 Å². The van der Waals surface area contributed by atoms with E-state index in [-0.39, 0.29) is 5.56 Å². The number of aromatic nitrogens is 1. The molecule has 4 rings (SSSR count). The van der Waals surface area contributed by atoms with Crippen LogP contribution >= 0.6 is 0 Å². The van der Waals surface area contributed by atoms with E-state index in [1.54, 1.807) is 0 Å². The summed E-state index contributed by atoms with van der Waals surface area (Å²) in [5.74, 6) is -0.585. The molecule has 0 unspecified atom stereocenters. The number of hydrogen-bond acceptors (Lipinski definition) is 1. The van der Waals surface area contributed by atoms with E-state index in [2.05, 4.69) is 4.98 Å². The smallest absolute Gasteiger partial charge is 0.360 e. The molecule has 0 saturated heterocycles. The minimum atomic E-state index is -4.55. The summed E-state index contributed by atoms with van der Waals surface area (Å²) in [4.78, 5) is 17.5. The molecule has 0 spiro atoms. The number of amides is 1. The molecule has 1 amide bonds. The summed E-state index contributed by atoms with van der Waals surface area (Å²) in [7, 11) is 0. The van der Waals surface area contributed by atoms with Crippen LogP contribution in [0.1, 0.15) is 33.5 Å². The first kappa shape index (κ1) is 18.3. The van der Waals surface area contributed by atoms with Crippen molar-refractivity contribution in [2.45, 2.75) is 19.5 Å². The quantitative estimate of drug-likeness (QED) is 0.629. The molecule has 1 aliphatic rings. The number of fused-ring (bicyclic) bond motifs is 1. The zero-order valence-corrected chi connectivity index (χ0v) is 15.3. The fourth-order valence-corrected chi connectivity index (χ4v) is 3.76. The summed E-state index contributed by atoms with van der Waals surface area (Å²) in [6.07, 6.45) is -0.0613. The second-order valence-corrected chi connectivity index (χ2v) is 6.97. The lowest BCUT2D eigenvalue weighted by Gasteiger charge is -2.27. The molecular formula is C22H19F3N2O. The second-order valence-electron chi connectivity index (χ2n) is 6.97. The van der Waals surface area contributed by atoms with Crippen molar-refractivity contribution >= 4 is 22.4 Å². The topological polar surface area (TPSA) is 36.1 Å². The van der Waals surface area contributed by atoms with Crippen LogP contribution in [-0.2, 0) is 6.18 Å². The lowest BCUT2D eigenvalue weighted by atomic mass is 9.97. The van der Waals surface area contributed by atoms with Crippen LogP contribution in [0.25, 0.3) is 16.5 Å². The van der Waals surface area contributed by atoms with Crippen molar-refractivity contribution in [2.24, 2.45) is 0 Å². The van der Waals surface area contributed by atoms with Gasteiger partial charge in [0.15, 0.2) is 0 Å². The standard InChI is InChI=1S/C22H19F3N2O/c1-14-5-4-7-16-18(13-26-20(14)16)15-9-11-27(12-10-15)21(28)17-6-2-3-8-19(17)22(23,24)25/h2-9,13,26H,10-12H2,1H3. The maximum absolute atomic E-state index is 13.2. The molecule has 1 N–H and O–H groups in total. The predicted octanol–water partition coefficient (Wildman–Crippen LogP) is 5.42. The monoisotopic (exact) mass is 384 g/mol. The Bertz CT molecular complexity index is 1080. The first-order valence-corrected chi connectivity index (χ1v) is 9.08. The Morgan fingerprint density at radius 1 is 1.11 bits per heavy atom. The lowest BCUT2D eigenvalue weighted by Crippen LogP contribution is -2.35. The van der Waals surface area contributed by atoms with Gasteiger partial charge in [-0.2, -0.15) is 13.2 Å². The zero-order chi connectivity index (χ0) is 19.9. The van der Waals surface area contributed by atoms with Crippen molar-refractivity contribution in [3.05, 3.63) is 77.0 Å². The van der Waals surface area contributed by atoms with Crippen molar-refractivity contribution in [1.82, 2.24) is 9.88 Å². The maximum Gasteiger partial charge on any atom is 0.417 e. The van der Waals surface area contributed by atoms with Gasteiger partial charge in [-0.3, -0.25) is 4.79 Å². The van der Waals surface area contributed by atoms with Crippen molar-refractivity contribution < 1.29 is 18.0 Å². The van der Waals surface area contributed by atoms with Crippen molar-refractivity contribution in [1.29, 1.82) is 0 Å². The summed E-state index contributed by atoms with van der Waals surface area (Å²) in [5, 5.41) is 1.12. The highest BCUT2D eigenvalue weighted by Gasteiger charge is 2.36. The van der Waals surface area contributed by atoms with Gasteiger partial charge >= 0.3 is 6.18 Å². The largest absolute Gasteiger partial charge is 0.417 e. The van der Waals surface area contributed by atoms with Gasteiger partial charge in [0.1, 0.15) is 0 Å². The molecule has 144 valence electrons. The number of aromatic amines is 1. The molecule has 3 nitrogen and oxygen atoms in total. The summed E-state index contributed by atoms with van der Waals surface area (Å²) < 4.78 is 39.7. The summed E-state index contributed by atoms with van der Waals surface area (Å²) in [6, 6.07) is 11.0. The van der Waals surface area contributed by atoms with Crippen LogP contribution in [0.3, 0.4) is 0 Å². The molecule has 28 heavy (non-hydrogen) atoms. The highest BCUT2D eigenvalue weighted by Crippen LogP contribution is 2.34. The van der Waals surface area contributed by atoms with E-state index in [1.165, 1.54) is 23.1 Å². The van der Waals surface area contributed by atoms with Gasteiger partial charge in [-0.05, 0) is 36.6 Å². The Hall–Kier alpha value is -3.02. The molecule has 6 heteroatoms. The van der Waals surface area contributed by atoms with E-state index < -0.39 is 17.6 Å². The number of H-pyrrole nitrogens is 1. The number of halogens is 3. The minimum Gasteiger partial charge on any atom is -0.360 e. The van der Waals surface area contributed by atoms with E-state index in [9.17, 15) is 18.0 Å². The average molecular weight is 384 g/mol. The van der Waals surface area contributed by atoms with E-state index in [0.717, 1.165) is 33.7 Å². The fourth-order valence-electron chi connectivity index (χ4n) is 3.76. The highest BCUT2D eigenvalue weighted by atomic mass is 19.4. The molecule has 0 aliphatic carbocycles. The van der Waals surface area contributed by atoms with E-state index >= 15 is 0 Å². The van der Waals surface area contributed by atoms with Gasteiger partial charge < -0.3 is 9.88 Å². The number of benzene rings is 2. The third-order valence-corrected chi connectivity index (χ3v) is 5.23. The first-order chi connectivity index (χ1) is 13.4. The van der Waals surface area contributed by atoms with E-state index in [1.807, 2.05) is 37.4 Å². The third kappa shape index (κ3) is 3.19. The van der Waals surface area contributed by atoms with Crippen molar-refractivity contribution in [3.8, 4) is 0 Å². The van der Waals surface area contributed by atoms with Gasteiger partial charge in [0.2, 0.25) is 0 Å². The molecule has 0 bridgehead atoms. The van der Waals surface area contributed by atoms with Gasteiger partial charge in [-0.25, -0.2) is 0 Å². The van der Waals surface area contributed by atoms with Crippen LogP contribution in [-0.4, -0.2) is 28.9 Å². The zero-order valence-electron chi connectivity index (χ0n) is 15.3. The number of aryl methyl sites for hydroxylation is 1. The Balaban J connectivity index is 1.59. The Kier molecular flexibility index (Phi) is 4.49. The first-order valence-electron chi connectivity index (χ1n) is 9.08. The molecule has 0 saturated carbocycles. The number of alkyl halides is 3. The molecule has 3 aromatic rings. The molecule has 0 atom stereocenters. The summed E-state index contributed by atoms with van der Waals surface area (Å²) >= 11 is 0. The van der Waals surface area contributed by atoms with Crippen LogP contribution in [0, 0.1) is 6.92 Å². The van der Waals surface area contributed by atoms with Crippen LogP contribution in [0.4, 0.5) is 13.2 Å². The van der Waals surface area contributed by atoms with E-state index in [4.69, 9.17) is 0 Å². The number of nitrogens with zero attached hydrogens (tertiary/aromatic N) is 1. The van der Waals surface area contributed by atoms with Gasteiger partial charge in [0, 0.05) is 35.8 Å². The normalized spacial score (nSPS) is 15.0. The Labute approximate surface area is 160 Å². The Morgan fingerprint density at radius 3 is 2.61 bits per heavy atom. The second kappa shape index (κ2) is 6.86. The number of carbonyl (C=O) groups is 1. The number of rotatable bonds is 2. The van der Waals surface area contributed by atoms with Crippen molar-refractivity contribution in [3.63, 3.8) is 0 Å². The molecule has 1 aliphatic heterocycles. The molecule has 2 aromatic carbocycles. The average Bonchev–Trinajstić information content (AvgIpc) is 3.12. The fraction of sp³-hybridized carbons (Fsp3) is 0.227. The molecule has 1 aromatic heterocycles. The van der Waals surface area contributed by atoms with Gasteiger partial charge in [-0.15, -0.1) is 0 Å². The van der Waals surface area contributed by atoms with Gasteiger partial charge in [-0.1, -0.05) is 36.4 Å². The van der Waals surface area contributed by atoms with Gasteiger partial charge in [0.25, 0.3) is 5.91 Å². The highest BCUT2D eigenvalue weighted by molar-refractivity contribution is 5.97. The SMILES string of the molecule is Cc1cccc2c(C3=CCN(C(=O)c4ccccc4C(F)(F)F)CC3)c[nH]c12. The predicted molar refractivity (Wildman–Crippen MR) is 103 cm³/mol. The number of carbonyl (C=O) groups excluding carboxylic acids is 1. The van der Waals surface area contributed by atoms with Crippen LogP contribution in [0.2, 0.25) is 0 Å². The molecular weight excluding hydrogens is 365 g/mol. The summed E-state index contributed by atoms with van der Waals surface area (Å²) in [6.45, 7) is 2.71. The molecule has 2 heterocycles. The van der Waals surface area contributed by atoms with Crippen molar-refractivity contribution in [2.75, 3.05) is 13.1 Å². The maximum atomic E-state index is 13.2. The van der Waals surface area contributed by atoms with Gasteiger partial charge in [0.05, 0.1) is 11.1 Å². The third-order valence-electron chi connectivity index (χ3n) is 5.23. The van der Waals surface area contributed by atoms with Crippen LogP contribution in [0.5, 0.6) is 0 Å². The lowest BCUT2D eigenvalue weighted by molar-refractivity contribution is -0.138. The summed E-state index contributed by atoms with van der Waals surface area (Å²) in [5.41, 5.74) is 3.24. The minimum absolute atomic E-state index is 0.291.